The lowest BCUT2D eigenvalue weighted by Gasteiger charge is -2.25. The summed E-state index contributed by atoms with van der Waals surface area (Å²) in [7, 11) is 2.64. The van der Waals surface area contributed by atoms with Gasteiger partial charge in [0.05, 0.1) is 49.3 Å². The van der Waals surface area contributed by atoms with Crippen LogP contribution in [0.2, 0.25) is 0 Å². The number of ether oxygens (including phenoxy) is 3. The van der Waals surface area contributed by atoms with E-state index in [1.54, 1.807) is 60.4 Å². The molecular weight excluding hydrogens is 601 g/mol. The summed E-state index contributed by atoms with van der Waals surface area (Å²) in [6.45, 7) is 3.07. The number of anilines is 1. The smallest absolute Gasteiger partial charge is 0.338 e. The SMILES string of the molecule is COC(=O)C1=C(C)N=c2s/c(=C3\C(=O)N(Cc4ccc(F)cc4)c4ccccc43)c(=O)n2C1c1ccc(OC(C)=O)c(OC)c1. The van der Waals surface area contributed by atoms with Crippen LogP contribution in [0.3, 0.4) is 0 Å². The molecule has 2 aliphatic heterocycles. The molecular formula is C33H26FN3O7S. The van der Waals surface area contributed by atoms with Crippen LogP contribution in [0.15, 0.2) is 87.8 Å². The van der Waals surface area contributed by atoms with Crippen molar-refractivity contribution >= 4 is 40.4 Å². The van der Waals surface area contributed by atoms with Crippen molar-refractivity contribution < 1.29 is 33.0 Å². The van der Waals surface area contributed by atoms with Crippen LogP contribution in [-0.4, -0.2) is 36.6 Å². The van der Waals surface area contributed by atoms with Gasteiger partial charge in [0, 0.05) is 12.5 Å². The van der Waals surface area contributed by atoms with Gasteiger partial charge in [-0.05, 0) is 48.4 Å². The van der Waals surface area contributed by atoms with E-state index in [-0.39, 0.29) is 44.3 Å². The third-order valence-electron chi connectivity index (χ3n) is 7.56. The number of hydrogen-bond donors (Lipinski definition) is 0. The van der Waals surface area contributed by atoms with E-state index in [0.29, 0.717) is 28.1 Å². The van der Waals surface area contributed by atoms with E-state index in [2.05, 4.69) is 4.99 Å². The zero-order valence-electron chi connectivity index (χ0n) is 24.6. The summed E-state index contributed by atoms with van der Waals surface area (Å²) in [6, 6.07) is 16.7. The Kier molecular flexibility index (Phi) is 7.67. The molecule has 1 aromatic heterocycles. The number of esters is 2. The van der Waals surface area contributed by atoms with Crippen molar-refractivity contribution in [1.82, 2.24) is 4.57 Å². The maximum atomic E-state index is 14.4. The van der Waals surface area contributed by atoms with Gasteiger partial charge in [-0.1, -0.05) is 47.7 Å². The van der Waals surface area contributed by atoms with Gasteiger partial charge in [0.1, 0.15) is 10.3 Å². The fourth-order valence-electron chi connectivity index (χ4n) is 5.58. The highest BCUT2D eigenvalue weighted by atomic mass is 32.1. The number of fused-ring (bicyclic) bond motifs is 2. The minimum absolute atomic E-state index is 0.125. The van der Waals surface area contributed by atoms with Gasteiger partial charge in [0.15, 0.2) is 16.3 Å². The summed E-state index contributed by atoms with van der Waals surface area (Å²) >= 11 is 1.04. The van der Waals surface area contributed by atoms with Crippen LogP contribution < -0.4 is 29.3 Å². The van der Waals surface area contributed by atoms with Crippen LogP contribution in [-0.2, 0) is 25.7 Å². The number of benzene rings is 3. The first-order valence-corrected chi connectivity index (χ1v) is 14.6. The molecule has 0 spiro atoms. The number of rotatable bonds is 6. The maximum absolute atomic E-state index is 14.4. The molecule has 0 saturated heterocycles. The van der Waals surface area contributed by atoms with Gasteiger partial charge in [-0.2, -0.15) is 0 Å². The second-order valence-electron chi connectivity index (χ2n) is 10.3. The quantitative estimate of drug-likeness (QED) is 0.238. The Morgan fingerprint density at radius 2 is 1.73 bits per heavy atom. The number of amides is 1. The van der Waals surface area contributed by atoms with Gasteiger partial charge in [-0.25, -0.2) is 14.2 Å². The lowest BCUT2D eigenvalue weighted by molar-refractivity contribution is -0.136. The largest absolute Gasteiger partial charge is 0.493 e. The third-order valence-corrected chi connectivity index (χ3v) is 8.62. The van der Waals surface area contributed by atoms with Crippen molar-refractivity contribution in [3.05, 3.63) is 120 Å². The molecule has 3 aromatic carbocycles. The summed E-state index contributed by atoms with van der Waals surface area (Å²) < 4.78 is 30.9. The molecule has 3 heterocycles. The first kappa shape index (κ1) is 29.7. The van der Waals surface area contributed by atoms with E-state index < -0.39 is 29.4 Å². The van der Waals surface area contributed by atoms with Crippen LogP contribution in [0, 0.1) is 5.82 Å². The molecule has 10 nitrogen and oxygen atoms in total. The second kappa shape index (κ2) is 11.6. The monoisotopic (exact) mass is 627 g/mol. The molecule has 2 aliphatic rings. The zero-order valence-corrected chi connectivity index (χ0v) is 25.4. The number of allylic oxidation sites excluding steroid dienone is 1. The molecule has 1 atom stereocenters. The molecule has 0 saturated carbocycles. The number of nitrogens with zero attached hydrogens (tertiary/aromatic N) is 3. The van der Waals surface area contributed by atoms with Crippen molar-refractivity contribution in [2.75, 3.05) is 19.1 Å². The van der Waals surface area contributed by atoms with Gasteiger partial charge in [-0.15, -0.1) is 0 Å². The average molecular weight is 628 g/mol. The van der Waals surface area contributed by atoms with Gasteiger partial charge in [0.2, 0.25) is 0 Å². The number of methoxy groups -OCH3 is 2. The number of carbonyl (C=O) groups excluding carboxylic acids is 3. The van der Waals surface area contributed by atoms with Gasteiger partial charge in [-0.3, -0.25) is 19.0 Å². The Balaban J connectivity index is 1.56. The molecule has 228 valence electrons. The summed E-state index contributed by atoms with van der Waals surface area (Å²) in [4.78, 5) is 59.6. The first-order chi connectivity index (χ1) is 21.6. The van der Waals surface area contributed by atoms with Crippen molar-refractivity contribution in [3.63, 3.8) is 0 Å². The minimum Gasteiger partial charge on any atom is -0.493 e. The van der Waals surface area contributed by atoms with Crippen LogP contribution in [0.1, 0.15) is 36.6 Å². The Labute approximate surface area is 259 Å². The highest BCUT2D eigenvalue weighted by Crippen LogP contribution is 2.38. The molecule has 0 fully saturated rings. The second-order valence-corrected chi connectivity index (χ2v) is 11.3. The minimum atomic E-state index is -0.995. The highest BCUT2D eigenvalue weighted by Gasteiger charge is 2.37. The number of para-hydroxylation sites is 1. The standard InChI is InChI=1S/C33H26FN3O7S/c1-17-26(32(41)43-4)28(20-11-14-24(44-18(2)38)25(15-20)42-3)37-31(40)29(45-33(37)35-17)27-22-7-5-6-8-23(22)36(30(27)39)16-19-9-12-21(34)13-10-19/h5-15,28H,16H2,1-4H3/b29-27-. The van der Waals surface area contributed by atoms with Gasteiger partial charge >= 0.3 is 11.9 Å². The lowest BCUT2D eigenvalue weighted by atomic mass is 9.95. The Morgan fingerprint density at radius 1 is 1.00 bits per heavy atom. The van der Waals surface area contributed by atoms with E-state index in [1.807, 2.05) is 0 Å². The lowest BCUT2D eigenvalue weighted by Crippen LogP contribution is -2.40. The zero-order chi connectivity index (χ0) is 32.0. The highest BCUT2D eigenvalue weighted by molar-refractivity contribution is 7.07. The fraction of sp³-hybridized carbons (Fsp3) is 0.182. The summed E-state index contributed by atoms with van der Waals surface area (Å²) in [5, 5.41) is 0. The number of thiazole rings is 1. The van der Waals surface area contributed by atoms with E-state index in [9.17, 15) is 23.6 Å². The number of hydrogen-bond acceptors (Lipinski definition) is 9. The first-order valence-electron chi connectivity index (χ1n) is 13.8. The predicted octanol–water partition coefficient (Wildman–Crippen LogP) is 3.40. The van der Waals surface area contributed by atoms with Crippen molar-refractivity contribution in [2.45, 2.75) is 26.4 Å². The fourth-order valence-corrected chi connectivity index (χ4v) is 6.72. The van der Waals surface area contributed by atoms with Crippen LogP contribution in [0.25, 0.3) is 5.57 Å². The van der Waals surface area contributed by atoms with E-state index in [0.717, 1.165) is 11.3 Å². The van der Waals surface area contributed by atoms with E-state index in [1.165, 1.54) is 43.9 Å². The molecule has 4 aromatic rings. The molecule has 1 amide bonds. The molecule has 12 heteroatoms. The van der Waals surface area contributed by atoms with Crippen LogP contribution in [0.4, 0.5) is 10.1 Å². The van der Waals surface area contributed by atoms with Crippen LogP contribution in [0.5, 0.6) is 11.5 Å². The third kappa shape index (κ3) is 5.12. The molecule has 0 aliphatic carbocycles. The van der Waals surface area contributed by atoms with Crippen molar-refractivity contribution in [1.29, 1.82) is 0 Å². The Morgan fingerprint density at radius 3 is 2.42 bits per heavy atom. The Bertz CT molecular complexity index is 2110. The number of aromatic nitrogens is 1. The number of halogens is 1. The topological polar surface area (TPSA) is 117 Å². The molecule has 6 rings (SSSR count). The van der Waals surface area contributed by atoms with E-state index >= 15 is 0 Å². The van der Waals surface area contributed by atoms with Crippen molar-refractivity contribution in [2.24, 2.45) is 4.99 Å². The van der Waals surface area contributed by atoms with Gasteiger partial charge in [0.25, 0.3) is 11.5 Å². The molecule has 1 unspecified atom stereocenters. The van der Waals surface area contributed by atoms with Gasteiger partial charge < -0.3 is 19.1 Å². The normalized spacial score (nSPS) is 16.6. The predicted molar refractivity (Wildman–Crippen MR) is 163 cm³/mol. The summed E-state index contributed by atoms with van der Waals surface area (Å²) in [6.07, 6.45) is 0. The Hall–Kier alpha value is -5.36. The molecule has 0 bridgehead atoms. The van der Waals surface area contributed by atoms with Crippen LogP contribution >= 0.6 is 11.3 Å². The molecule has 0 N–H and O–H groups in total. The summed E-state index contributed by atoms with van der Waals surface area (Å²) in [5.74, 6) is -1.63. The maximum Gasteiger partial charge on any atom is 0.338 e. The number of carbonyl (C=O) groups is 3. The molecule has 45 heavy (non-hydrogen) atoms. The summed E-state index contributed by atoms with van der Waals surface area (Å²) in [5.41, 5.74) is 2.51. The van der Waals surface area contributed by atoms with Crippen molar-refractivity contribution in [3.8, 4) is 11.5 Å². The average Bonchev–Trinajstić information content (AvgIpc) is 3.49. The molecule has 0 radical (unpaired) electrons. The van der Waals surface area contributed by atoms with E-state index in [4.69, 9.17) is 14.2 Å².